The summed E-state index contributed by atoms with van der Waals surface area (Å²) in [6, 6.07) is 15.8. The average molecular weight is 444 g/mol. The Labute approximate surface area is 186 Å². The first-order valence-corrected chi connectivity index (χ1v) is 11.5. The molecule has 0 unspecified atom stereocenters. The number of nitrogens with one attached hydrogen (secondary N) is 2. The lowest BCUT2D eigenvalue weighted by Gasteiger charge is -2.23. The Balaban J connectivity index is 2.10. The zero-order chi connectivity index (χ0) is 22.6. The molecule has 5 N–H and O–H groups in total. The third-order valence-corrected chi connectivity index (χ3v) is 5.42. The van der Waals surface area contributed by atoms with Crippen LogP contribution in [0.2, 0.25) is 0 Å². The second-order valence-electron chi connectivity index (χ2n) is 7.23. The van der Waals surface area contributed by atoms with Crippen LogP contribution in [0.5, 0.6) is 0 Å². The smallest absolute Gasteiger partial charge is 0.326 e. The van der Waals surface area contributed by atoms with Crippen LogP contribution in [-0.2, 0) is 27.2 Å². The average Bonchev–Trinajstić information content (AvgIpc) is 2.77. The predicted molar refractivity (Wildman–Crippen MR) is 123 cm³/mol. The molecule has 2 aromatic rings. The SMILES string of the molecule is CSCC[C@H](NC(=O)[C@H](Cc1ccccc1)NC(=O)[C@@H](N)Cc1ccccc1)C(=O)O. The van der Waals surface area contributed by atoms with Crippen LogP contribution in [0.15, 0.2) is 60.7 Å². The molecule has 0 aliphatic carbocycles. The van der Waals surface area contributed by atoms with Crippen LogP contribution >= 0.6 is 11.8 Å². The standard InChI is InChI=1S/C23H29N3O4S/c1-31-13-12-19(23(29)30)25-22(28)20(15-17-10-6-3-7-11-17)26-21(27)18(24)14-16-8-4-2-5-9-16/h2-11,18-20H,12-15,24H2,1H3,(H,25,28)(H,26,27)(H,29,30)/t18-,19-,20-/m0/s1. The van der Waals surface area contributed by atoms with Crippen LogP contribution in [0, 0.1) is 0 Å². The van der Waals surface area contributed by atoms with Crippen LogP contribution in [0.1, 0.15) is 17.5 Å². The minimum atomic E-state index is -1.10. The van der Waals surface area contributed by atoms with Gasteiger partial charge in [0.15, 0.2) is 0 Å². The predicted octanol–water partition coefficient (Wildman–Crippen LogP) is 1.61. The van der Waals surface area contributed by atoms with Gasteiger partial charge in [-0.15, -0.1) is 0 Å². The van der Waals surface area contributed by atoms with Crippen molar-refractivity contribution in [3.05, 3.63) is 71.8 Å². The number of nitrogens with two attached hydrogens (primary N) is 1. The lowest BCUT2D eigenvalue weighted by Crippen LogP contribution is -2.55. The Bertz CT molecular complexity index is 848. The van der Waals surface area contributed by atoms with E-state index in [1.165, 1.54) is 11.8 Å². The molecule has 0 aliphatic rings. The van der Waals surface area contributed by atoms with Gasteiger partial charge in [0, 0.05) is 6.42 Å². The van der Waals surface area contributed by atoms with Gasteiger partial charge in [-0.25, -0.2) is 4.79 Å². The minimum absolute atomic E-state index is 0.228. The van der Waals surface area contributed by atoms with Gasteiger partial charge < -0.3 is 21.5 Å². The van der Waals surface area contributed by atoms with Gasteiger partial charge in [-0.3, -0.25) is 9.59 Å². The van der Waals surface area contributed by atoms with Crippen molar-refractivity contribution in [2.24, 2.45) is 5.73 Å². The summed E-state index contributed by atoms with van der Waals surface area (Å²) in [5, 5.41) is 14.7. The largest absolute Gasteiger partial charge is 0.480 e. The molecule has 0 saturated carbocycles. The summed E-state index contributed by atoms with van der Waals surface area (Å²) in [4.78, 5) is 37.1. The Hall–Kier alpha value is -2.84. The number of carboxylic acid groups (broad SMARTS) is 1. The summed E-state index contributed by atoms with van der Waals surface area (Å²) in [7, 11) is 0. The second-order valence-corrected chi connectivity index (χ2v) is 8.21. The molecule has 2 rings (SSSR count). The first-order chi connectivity index (χ1) is 14.9. The lowest BCUT2D eigenvalue weighted by atomic mass is 10.0. The van der Waals surface area contributed by atoms with Crippen LogP contribution in [0.4, 0.5) is 0 Å². The topological polar surface area (TPSA) is 122 Å². The normalized spacial score (nSPS) is 13.6. The van der Waals surface area contributed by atoms with Crippen LogP contribution < -0.4 is 16.4 Å². The highest BCUT2D eigenvalue weighted by Gasteiger charge is 2.28. The van der Waals surface area contributed by atoms with E-state index in [1.807, 2.05) is 66.9 Å². The summed E-state index contributed by atoms with van der Waals surface area (Å²) >= 11 is 1.50. The summed E-state index contributed by atoms with van der Waals surface area (Å²) in [6.07, 6.45) is 2.72. The number of carboxylic acids is 1. The Morgan fingerprint density at radius 1 is 0.871 bits per heavy atom. The van der Waals surface area contributed by atoms with Crippen molar-refractivity contribution < 1.29 is 19.5 Å². The molecule has 166 valence electrons. The Morgan fingerprint density at radius 2 is 1.39 bits per heavy atom. The maximum Gasteiger partial charge on any atom is 0.326 e. The highest BCUT2D eigenvalue weighted by atomic mass is 32.2. The van der Waals surface area contributed by atoms with E-state index in [0.29, 0.717) is 18.6 Å². The van der Waals surface area contributed by atoms with E-state index in [0.717, 1.165) is 11.1 Å². The summed E-state index contributed by atoms with van der Waals surface area (Å²) in [6.45, 7) is 0. The maximum atomic E-state index is 12.9. The number of carbonyl (C=O) groups is 3. The van der Waals surface area contributed by atoms with Crippen LogP contribution in [-0.4, -0.2) is 53.0 Å². The van der Waals surface area contributed by atoms with Crippen molar-refractivity contribution in [3.63, 3.8) is 0 Å². The number of hydrogen-bond donors (Lipinski definition) is 4. The molecule has 2 amide bonds. The van der Waals surface area contributed by atoms with E-state index >= 15 is 0 Å². The minimum Gasteiger partial charge on any atom is -0.480 e. The molecule has 31 heavy (non-hydrogen) atoms. The molecule has 2 aromatic carbocycles. The summed E-state index contributed by atoms with van der Waals surface area (Å²) in [5.41, 5.74) is 7.82. The van der Waals surface area contributed by atoms with Gasteiger partial charge in [-0.05, 0) is 36.0 Å². The van der Waals surface area contributed by atoms with Crippen molar-refractivity contribution in [2.45, 2.75) is 37.4 Å². The molecular formula is C23H29N3O4S. The molecule has 0 spiro atoms. The molecule has 0 aromatic heterocycles. The molecular weight excluding hydrogens is 414 g/mol. The molecule has 8 heteroatoms. The van der Waals surface area contributed by atoms with Crippen molar-refractivity contribution in [1.82, 2.24) is 10.6 Å². The fraction of sp³-hybridized carbons (Fsp3) is 0.348. The van der Waals surface area contributed by atoms with Gasteiger partial charge in [0.25, 0.3) is 0 Å². The zero-order valence-corrected chi connectivity index (χ0v) is 18.3. The highest BCUT2D eigenvalue weighted by molar-refractivity contribution is 7.98. The van der Waals surface area contributed by atoms with Crippen LogP contribution in [0.25, 0.3) is 0 Å². The third-order valence-electron chi connectivity index (χ3n) is 4.78. The highest BCUT2D eigenvalue weighted by Crippen LogP contribution is 2.07. The lowest BCUT2D eigenvalue weighted by molar-refractivity contribution is -0.142. The number of aliphatic carboxylic acids is 1. The molecule has 0 radical (unpaired) electrons. The van der Waals surface area contributed by atoms with Gasteiger partial charge in [-0.1, -0.05) is 60.7 Å². The van der Waals surface area contributed by atoms with Crippen molar-refractivity contribution >= 4 is 29.5 Å². The third kappa shape index (κ3) is 8.43. The first-order valence-electron chi connectivity index (χ1n) is 10.1. The summed E-state index contributed by atoms with van der Waals surface area (Å²) < 4.78 is 0. The van der Waals surface area contributed by atoms with Gasteiger partial charge in [0.1, 0.15) is 12.1 Å². The number of rotatable bonds is 12. The quantitative estimate of drug-likeness (QED) is 0.395. The number of thioether (sulfide) groups is 1. The second kappa shape index (κ2) is 12.8. The van der Waals surface area contributed by atoms with E-state index in [4.69, 9.17) is 5.73 Å². The van der Waals surface area contributed by atoms with Crippen molar-refractivity contribution in [3.8, 4) is 0 Å². The molecule has 0 bridgehead atoms. The molecule has 3 atom stereocenters. The summed E-state index contributed by atoms with van der Waals surface area (Å²) in [5.74, 6) is -1.52. The molecule has 0 fully saturated rings. The fourth-order valence-corrected chi connectivity index (χ4v) is 3.54. The van der Waals surface area contributed by atoms with Crippen LogP contribution in [0.3, 0.4) is 0 Å². The number of carbonyl (C=O) groups excluding carboxylic acids is 2. The molecule has 0 heterocycles. The molecule has 0 saturated heterocycles. The number of amides is 2. The zero-order valence-electron chi connectivity index (χ0n) is 17.5. The Morgan fingerprint density at radius 3 is 1.90 bits per heavy atom. The number of hydrogen-bond acceptors (Lipinski definition) is 5. The van der Waals surface area contributed by atoms with E-state index < -0.39 is 35.9 Å². The van der Waals surface area contributed by atoms with Gasteiger partial charge in [0.05, 0.1) is 6.04 Å². The van der Waals surface area contributed by atoms with E-state index in [-0.39, 0.29) is 6.42 Å². The van der Waals surface area contributed by atoms with Gasteiger partial charge in [-0.2, -0.15) is 11.8 Å². The van der Waals surface area contributed by atoms with E-state index in [2.05, 4.69) is 10.6 Å². The number of benzene rings is 2. The van der Waals surface area contributed by atoms with E-state index in [1.54, 1.807) is 0 Å². The van der Waals surface area contributed by atoms with Crippen molar-refractivity contribution in [2.75, 3.05) is 12.0 Å². The fourth-order valence-electron chi connectivity index (χ4n) is 3.06. The maximum absolute atomic E-state index is 12.9. The van der Waals surface area contributed by atoms with Crippen molar-refractivity contribution in [1.29, 1.82) is 0 Å². The molecule has 0 aliphatic heterocycles. The molecule has 7 nitrogen and oxygen atoms in total. The van der Waals surface area contributed by atoms with Gasteiger partial charge >= 0.3 is 5.97 Å². The first kappa shape index (κ1) is 24.4. The Kier molecular flexibility index (Phi) is 10.1. The van der Waals surface area contributed by atoms with E-state index in [9.17, 15) is 19.5 Å². The monoisotopic (exact) mass is 443 g/mol. The van der Waals surface area contributed by atoms with Gasteiger partial charge in [0.2, 0.25) is 11.8 Å².